The predicted molar refractivity (Wildman–Crippen MR) is 140 cm³/mol. The minimum atomic E-state index is -3.88. The van der Waals surface area contributed by atoms with Gasteiger partial charge in [-0.1, -0.05) is 48.7 Å². The molecule has 1 N–H and O–H groups in total. The van der Waals surface area contributed by atoms with Gasteiger partial charge in [0.15, 0.2) is 5.78 Å². The van der Waals surface area contributed by atoms with Gasteiger partial charge in [-0.2, -0.15) is 0 Å². The molecule has 3 rings (SSSR count). The fourth-order valence-corrected chi connectivity index (χ4v) is 5.35. The van der Waals surface area contributed by atoms with Crippen LogP contribution in [0.15, 0.2) is 48.5 Å². The van der Waals surface area contributed by atoms with Crippen molar-refractivity contribution >= 4 is 44.9 Å². The molecule has 0 saturated heterocycles. The molecule has 194 valence electrons. The minimum absolute atomic E-state index is 0.0731. The number of nitrogens with zero attached hydrogens (tertiary/aromatic N) is 2. The first-order valence-electron chi connectivity index (χ1n) is 11.9. The van der Waals surface area contributed by atoms with Gasteiger partial charge in [0, 0.05) is 23.2 Å². The van der Waals surface area contributed by atoms with Gasteiger partial charge in [0.25, 0.3) is 0 Å². The Kier molecular flexibility index (Phi) is 9.13. The van der Waals surface area contributed by atoms with E-state index in [1.54, 1.807) is 43.3 Å². The Morgan fingerprint density at radius 1 is 1.08 bits per heavy atom. The molecule has 0 spiro atoms. The lowest BCUT2D eigenvalue weighted by Gasteiger charge is -2.32. The van der Waals surface area contributed by atoms with Crippen LogP contribution >= 0.6 is 11.6 Å². The van der Waals surface area contributed by atoms with Gasteiger partial charge in [-0.15, -0.1) is 0 Å². The first-order valence-corrected chi connectivity index (χ1v) is 14.1. The highest BCUT2D eigenvalue weighted by molar-refractivity contribution is 7.92. The van der Waals surface area contributed by atoms with Crippen LogP contribution in [-0.4, -0.2) is 55.8 Å². The third-order valence-electron chi connectivity index (χ3n) is 6.33. The van der Waals surface area contributed by atoms with Gasteiger partial charge < -0.3 is 10.2 Å². The smallest absolute Gasteiger partial charge is 0.244 e. The summed E-state index contributed by atoms with van der Waals surface area (Å²) < 4.78 is 26.3. The molecule has 0 aliphatic heterocycles. The van der Waals surface area contributed by atoms with Gasteiger partial charge in [-0.05, 0) is 56.5 Å². The van der Waals surface area contributed by atoms with E-state index in [9.17, 15) is 22.8 Å². The van der Waals surface area contributed by atoms with Crippen LogP contribution in [0.2, 0.25) is 5.02 Å². The fourth-order valence-electron chi connectivity index (χ4n) is 4.30. The van der Waals surface area contributed by atoms with Gasteiger partial charge in [0.1, 0.15) is 12.6 Å². The summed E-state index contributed by atoms with van der Waals surface area (Å²) in [5.74, 6) is -1.07. The van der Waals surface area contributed by atoms with Crippen molar-refractivity contribution < 1.29 is 22.8 Å². The van der Waals surface area contributed by atoms with Crippen molar-refractivity contribution in [3.8, 4) is 0 Å². The second kappa shape index (κ2) is 11.9. The number of Topliss-reactive ketones (excluding diaryl/α,β-unsaturated/α-hetero) is 1. The van der Waals surface area contributed by atoms with Crippen LogP contribution in [-0.2, 0) is 26.2 Å². The Labute approximate surface area is 217 Å². The lowest BCUT2D eigenvalue weighted by molar-refractivity contribution is -0.139. The molecule has 2 aromatic rings. The highest BCUT2D eigenvalue weighted by Gasteiger charge is 2.31. The number of nitrogens with one attached hydrogen (secondary N) is 1. The molecule has 1 aliphatic rings. The third kappa shape index (κ3) is 7.30. The summed E-state index contributed by atoms with van der Waals surface area (Å²) in [6.45, 7) is 2.56. The number of hydrogen-bond donors (Lipinski definition) is 1. The molecule has 10 heteroatoms. The van der Waals surface area contributed by atoms with Crippen LogP contribution in [0.4, 0.5) is 5.69 Å². The Hall–Kier alpha value is -2.91. The van der Waals surface area contributed by atoms with E-state index >= 15 is 0 Å². The van der Waals surface area contributed by atoms with Crippen molar-refractivity contribution in [3.63, 3.8) is 0 Å². The number of ketones is 1. The summed E-state index contributed by atoms with van der Waals surface area (Å²) in [7, 11) is -3.88. The van der Waals surface area contributed by atoms with E-state index in [2.05, 4.69) is 5.32 Å². The van der Waals surface area contributed by atoms with E-state index in [-0.39, 0.29) is 30.0 Å². The first-order chi connectivity index (χ1) is 17.0. The molecule has 1 saturated carbocycles. The quantitative estimate of drug-likeness (QED) is 0.468. The minimum Gasteiger partial charge on any atom is -0.352 e. The second-order valence-corrected chi connectivity index (χ2v) is 11.5. The van der Waals surface area contributed by atoms with Crippen LogP contribution in [0.5, 0.6) is 0 Å². The van der Waals surface area contributed by atoms with Gasteiger partial charge in [-0.3, -0.25) is 18.7 Å². The summed E-state index contributed by atoms with van der Waals surface area (Å²) >= 11 is 6.13. The van der Waals surface area contributed by atoms with Gasteiger partial charge >= 0.3 is 0 Å². The number of amides is 2. The Bertz CT molecular complexity index is 1230. The number of hydrogen-bond acceptors (Lipinski definition) is 5. The monoisotopic (exact) mass is 533 g/mol. The van der Waals surface area contributed by atoms with Gasteiger partial charge in [-0.25, -0.2) is 8.42 Å². The molecule has 0 radical (unpaired) electrons. The molecule has 1 fully saturated rings. The molecule has 0 aromatic heterocycles. The maximum absolute atomic E-state index is 13.6. The largest absolute Gasteiger partial charge is 0.352 e. The van der Waals surface area contributed by atoms with Crippen molar-refractivity contribution in [1.82, 2.24) is 10.2 Å². The molecule has 36 heavy (non-hydrogen) atoms. The zero-order valence-corrected chi connectivity index (χ0v) is 22.3. The molecule has 8 nitrogen and oxygen atoms in total. The number of sulfonamides is 1. The van der Waals surface area contributed by atoms with Crippen LogP contribution in [0, 0.1) is 0 Å². The van der Waals surface area contributed by atoms with E-state index in [0.717, 1.165) is 36.2 Å². The van der Waals surface area contributed by atoms with E-state index in [1.807, 2.05) is 0 Å². The lowest BCUT2D eigenvalue weighted by Crippen LogP contribution is -2.52. The van der Waals surface area contributed by atoms with Crippen molar-refractivity contribution in [2.24, 2.45) is 0 Å². The summed E-state index contributed by atoms with van der Waals surface area (Å²) in [5, 5.41) is 3.51. The highest BCUT2D eigenvalue weighted by Crippen LogP contribution is 2.22. The van der Waals surface area contributed by atoms with Crippen LogP contribution in [0.25, 0.3) is 0 Å². The molecule has 1 atom stereocenters. The third-order valence-corrected chi connectivity index (χ3v) is 7.71. The molecule has 0 bridgehead atoms. The summed E-state index contributed by atoms with van der Waals surface area (Å²) in [6.07, 6.45) is 4.89. The Morgan fingerprint density at radius 3 is 2.36 bits per heavy atom. The van der Waals surface area contributed by atoms with E-state index < -0.39 is 28.5 Å². The maximum Gasteiger partial charge on any atom is 0.244 e. The number of halogens is 1. The number of carbonyl (C=O) groups is 3. The van der Waals surface area contributed by atoms with Crippen LogP contribution in [0.3, 0.4) is 0 Å². The second-order valence-electron chi connectivity index (χ2n) is 9.19. The van der Waals surface area contributed by atoms with Crippen LogP contribution in [0.1, 0.15) is 55.5 Å². The van der Waals surface area contributed by atoms with Gasteiger partial charge in [0.2, 0.25) is 21.8 Å². The average Bonchev–Trinajstić information content (AvgIpc) is 3.32. The van der Waals surface area contributed by atoms with E-state index in [1.165, 1.54) is 24.0 Å². The number of anilines is 1. The summed E-state index contributed by atoms with van der Waals surface area (Å²) in [4.78, 5) is 39.9. The first kappa shape index (κ1) is 27.7. The SMILES string of the molecule is CC(=O)c1cccc(N(CC(=O)N(Cc2cccc(Cl)c2)C(C)C(=O)NC2CCCC2)S(C)(=O)=O)c1. The van der Waals surface area contributed by atoms with Crippen molar-refractivity contribution in [2.45, 2.75) is 58.2 Å². The summed E-state index contributed by atoms with van der Waals surface area (Å²) in [6, 6.07) is 12.3. The zero-order chi connectivity index (χ0) is 26.5. The van der Waals surface area contributed by atoms with E-state index in [0.29, 0.717) is 16.1 Å². The van der Waals surface area contributed by atoms with E-state index in [4.69, 9.17) is 11.6 Å². The lowest BCUT2D eigenvalue weighted by atomic mass is 10.1. The molecule has 1 aliphatic carbocycles. The molecular formula is C26H32ClN3O5S. The molecular weight excluding hydrogens is 502 g/mol. The van der Waals surface area contributed by atoms with Crippen molar-refractivity contribution in [2.75, 3.05) is 17.1 Å². The normalized spacial score (nSPS) is 14.8. The highest BCUT2D eigenvalue weighted by atomic mass is 35.5. The Morgan fingerprint density at radius 2 is 1.75 bits per heavy atom. The number of benzene rings is 2. The topological polar surface area (TPSA) is 104 Å². The maximum atomic E-state index is 13.6. The van der Waals surface area contributed by atoms with Gasteiger partial charge in [0.05, 0.1) is 11.9 Å². The fraction of sp³-hybridized carbons (Fsp3) is 0.423. The van der Waals surface area contributed by atoms with Crippen LogP contribution < -0.4 is 9.62 Å². The Balaban J connectivity index is 1.90. The zero-order valence-electron chi connectivity index (χ0n) is 20.7. The van der Waals surface area contributed by atoms with Crippen molar-refractivity contribution in [1.29, 1.82) is 0 Å². The molecule has 0 heterocycles. The van der Waals surface area contributed by atoms with Crippen molar-refractivity contribution in [3.05, 3.63) is 64.7 Å². The molecule has 2 aromatic carbocycles. The number of carbonyl (C=O) groups excluding carboxylic acids is 3. The molecule has 2 amide bonds. The molecule has 1 unspecified atom stereocenters. The standard InChI is InChI=1S/C26H32ClN3O5S/c1-18(26(33)28-23-11-4-5-12-23)29(16-20-8-6-10-22(27)14-20)25(32)17-30(36(3,34)35)24-13-7-9-21(15-24)19(2)31/h6-10,13-15,18,23H,4-5,11-12,16-17H2,1-3H3,(H,28,33). The average molecular weight is 534 g/mol. The summed E-state index contributed by atoms with van der Waals surface area (Å²) in [5.41, 5.74) is 1.24. The number of rotatable bonds is 10. The predicted octanol–water partition coefficient (Wildman–Crippen LogP) is 3.78.